The Morgan fingerprint density at radius 2 is 1.38 bits per heavy atom. The van der Waals surface area contributed by atoms with Crippen LogP contribution in [0.5, 0.6) is 11.5 Å². The number of nitrogens with zero attached hydrogens (tertiary/aromatic N) is 5. The molecule has 260 valence electrons. The summed E-state index contributed by atoms with van der Waals surface area (Å²) in [4.78, 5) is 50.9. The minimum absolute atomic E-state index is 0.0172. The monoisotopic (exact) mass is 673 g/mol. The van der Waals surface area contributed by atoms with E-state index in [-0.39, 0.29) is 31.8 Å². The number of aromatic nitrogens is 4. The van der Waals surface area contributed by atoms with Gasteiger partial charge in [-0.25, -0.2) is 19.4 Å². The summed E-state index contributed by atoms with van der Waals surface area (Å²) in [6.45, 7) is 0.563. The lowest BCUT2D eigenvalue weighted by Crippen LogP contribution is -2.45. The van der Waals surface area contributed by atoms with E-state index in [1.807, 2.05) is 48.5 Å². The number of benzene rings is 2. The summed E-state index contributed by atoms with van der Waals surface area (Å²) < 4.78 is 15.6. The third kappa shape index (κ3) is 9.96. The fourth-order valence-corrected chi connectivity index (χ4v) is 4.55. The molecular formula is C31H39N5O12. The Morgan fingerprint density at radius 1 is 0.833 bits per heavy atom. The second-order valence-electron chi connectivity index (χ2n) is 10.9. The minimum Gasteiger partial charge on any atom is -0.487 e. The molecule has 0 spiro atoms. The zero-order valence-corrected chi connectivity index (χ0v) is 26.5. The number of carbonyl (C=O) groups is 2. The number of aliphatic hydroxyl groups excluding tert-OH is 4. The van der Waals surface area contributed by atoms with Gasteiger partial charge in [-0.1, -0.05) is 42.5 Å². The van der Waals surface area contributed by atoms with Crippen molar-refractivity contribution in [3.05, 3.63) is 87.3 Å². The van der Waals surface area contributed by atoms with Crippen LogP contribution in [0.3, 0.4) is 0 Å². The van der Waals surface area contributed by atoms with Gasteiger partial charge in [-0.05, 0) is 24.7 Å². The predicted octanol–water partition coefficient (Wildman–Crippen LogP) is -1.38. The zero-order chi connectivity index (χ0) is 35.5. The lowest BCUT2D eigenvalue weighted by atomic mass is 10.2. The second kappa shape index (κ2) is 17.2. The van der Waals surface area contributed by atoms with E-state index < -0.39 is 47.6 Å². The van der Waals surface area contributed by atoms with E-state index in [0.29, 0.717) is 23.8 Å². The van der Waals surface area contributed by atoms with Crippen LogP contribution < -0.4 is 20.7 Å². The van der Waals surface area contributed by atoms with Gasteiger partial charge < -0.3 is 49.6 Å². The first-order valence-corrected chi connectivity index (χ1v) is 14.6. The largest absolute Gasteiger partial charge is 0.487 e. The summed E-state index contributed by atoms with van der Waals surface area (Å²) in [6.07, 6.45) is -4.93. The van der Waals surface area contributed by atoms with Gasteiger partial charge in [0.25, 0.3) is 5.56 Å². The third-order valence-electron chi connectivity index (χ3n) is 6.96. The van der Waals surface area contributed by atoms with E-state index in [9.17, 15) is 29.4 Å². The number of likely N-dealkylation sites (N-methyl/N-ethyl adjacent to an activating group) is 1. The molecule has 48 heavy (non-hydrogen) atoms. The summed E-state index contributed by atoms with van der Waals surface area (Å²) in [6, 6.07) is 17.0. The molecule has 4 unspecified atom stereocenters. The van der Waals surface area contributed by atoms with Crippen LogP contribution in [0, 0.1) is 0 Å². The van der Waals surface area contributed by atoms with Gasteiger partial charge in [0.2, 0.25) is 0 Å². The van der Waals surface area contributed by atoms with Crippen LogP contribution in [0.15, 0.2) is 70.5 Å². The van der Waals surface area contributed by atoms with Gasteiger partial charge in [0.05, 0.1) is 19.0 Å². The van der Waals surface area contributed by atoms with Gasteiger partial charge in [0, 0.05) is 27.2 Å². The highest BCUT2D eigenvalue weighted by Crippen LogP contribution is 2.27. The van der Waals surface area contributed by atoms with Crippen LogP contribution in [0.4, 0.5) is 0 Å². The Bertz CT molecular complexity index is 1770. The Morgan fingerprint density at radius 3 is 1.96 bits per heavy atom. The molecule has 0 aliphatic rings. The fourth-order valence-electron chi connectivity index (χ4n) is 4.55. The van der Waals surface area contributed by atoms with Gasteiger partial charge in [0.15, 0.2) is 34.9 Å². The summed E-state index contributed by atoms with van der Waals surface area (Å²) in [5.41, 5.74) is 0.549. The molecule has 17 heteroatoms. The maximum atomic E-state index is 12.9. The van der Waals surface area contributed by atoms with Crippen molar-refractivity contribution in [1.82, 2.24) is 23.6 Å². The molecule has 4 atom stereocenters. The lowest BCUT2D eigenvalue weighted by Gasteiger charge is -2.24. The first-order chi connectivity index (χ1) is 22.7. The van der Waals surface area contributed by atoms with Crippen molar-refractivity contribution in [3.63, 3.8) is 0 Å². The molecule has 4 aromatic rings. The van der Waals surface area contributed by atoms with Crippen molar-refractivity contribution < 1.29 is 49.7 Å². The van der Waals surface area contributed by atoms with Gasteiger partial charge in [-0.2, -0.15) is 0 Å². The molecule has 0 radical (unpaired) electrons. The summed E-state index contributed by atoms with van der Waals surface area (Å²) in [5.74, 6) is -2.44. The first-order valence-electron chi connectivity index (χ1n) is 14.6. The van der Waals surface area contributed by atoms with E-state index in [4.69, 9.17) is 29.9 Å². The van der Waals surface area contributed by atoms with Crippen LogP contribution in [0.2, 0.25) is 0 Å². The van der Waals surface area contributed by atoms with Crippen molar-refractivity contribution in [2.45, 2.75) is 37.6 Å². The number of imidazole rings is 1. The molecule has 6 N–H and O–H groups in total. The summed E-state index contributed by atoms with van der Waals surface area (Å²) >= 11 is 0. The number of ether oxygens (including phenoxy) is 2. The van der Waals surface area contributed by atoms with Crippen LogP contribution in [-0.2, 0) is 36.8 Å². The highest BCUT2D eigenvalue weighted by atomic mass is 16.5. The molecule has 0 amide bonds. The van der Waals surface area contributed by atoms with Crippen LogP contribution in [-0.4, -0.2) is 117 Å². The number of rotatable bonds is 15. The van der Waals surface area contributed by atoms with Crippen molar-refractivity contribution in [1.29, 1.82) is 0 Å². The standard InChI is InChI=1S/C27H33N5O6.C4H6O6/c1-29(13-20(33)15-32-26(35)24-25(28-18-30(24)2)31(3)27(32)36)14-21(34)17-38-23-12-8-7-11-22(23)37-16-19-9-5-4-6-10-19;5-1(3(7)8)2(6)4(9)10/h4-12,18,20-21,33-34H,13-17H2,1-3H3;1-2,5-6H,(H,7,8)(H,9,10). The fraction of sp³-hybridized carbons (Fsp3) is 0.387. The van der Waals surface area contributed by atoms with Crippen molar-refractivity contribution >= 4 is 23.1 Å². The molecule has 4 rings (SSSR count). The number of carboxylic acid groups (broad SMARTS) is 2. The van der Waals surface area contributed by atoms with Gasteiger partial charge >= 0.3 is 17.6 Å². The topological polar surface area (TPSA) is 239 Å². The summed E-state index contributed by atoms with van der Waals surface area (Å²) in [5, 5.41) is 53.7. The molecule has 0 aliphatic heterocycles. The van der Waals surface area contributed by atoms with Crippen LogP contribution in [0.25, 0.3) is 11.2 Å². The highest BCUT2D eigenvalue weighted by molar-refractivity contribution is 5.83. The lowest BCUT2D eigenvalue weighted by molar-refractivity contribution is -0.165. The zero-order valence-electron chi connectivity index (χ0n) is 26.5. The number of aliphatic hydroxyl groups is 4. The second-order valence-corrected chi connectivity index (χ2v) is 10.9. The Balaban J connectivity index is 0.000000542. The molecule has 0 saturated carbocycles. The molecule has 2 aromatic carbocycles. The highest BCUT2D eigenvalue weighted by Gasteiger charge is 2.29. The van der Waals surface area contributed by atoms with E-state index in [1.165, 1.54) is 17.9 Å². The molecule has 0 fully saturated rings. The average molecular weight is 674 g/mol. The Labute approximate surface area is 273 Å². The van der Waals surface area contributed by atoms with Gasteiger partial charge in [0.1, 0.15) is 19.3 Å². The molecule has 2 heterocycles. The molecule has 0 aliphatic carbocycles. The molecule has 2 aromatic heterocycles. The number of para-hydroxylation sites is 2. The maximum Gasteiger partial charge on any atom is 0.335 e. The summed E-state index contributed by atoms with van der Waals surface area (Å²) in [7, 11) is 4.94. The van der Waals surface area contributed by atoms with E-state index in [0.717, 1.165) is 10.1 Å². The van der Waals surface area contributed by atoms with Gasteiger partial charge in [-0.15, -0.1) is 0 Å². The van der Waals surface area contributed by atoms with E-state index in [1.54, 1.807) is 29.6 Å². The molecular weight excluding hydrogens is 634 g/mol. The number of aryl methyl sites for hydroxylation is 2. The number of hydrogen-bond donors (Lipinski definition) is 6. The normalized spacial score (nSPS) is 13.7. The smallest absolute Gasteiger partial charge is 0.335 e. The Hall–Kier alpha value is -5.07. The molecule has 0 saturated heterocycles. The maximum absolute atomic E-state index is 12.9. The Kier molecular flexibility index (Phi) is 13.4. The quantitative estimate of drug-likeness (QED) is 0.0853. The SMILES string of the molecule is CN(CC(O)COc1ccccc1OCc1ccccc1)CC(O)Cn1c(=O)c2c(ncn2C)n(C)c1=O.O=C(O)C(O)C(O)C(=O)O. The average Bonchev–Trinajstić information content (AvgIpc) is 3.45. The molecule has 17 nitrogen and oxygen atoms in total. The predicted molar refractivity (Wildman–Crippen MR) is 170 cm³/mol. The number of fused-ring (bicyclic) bond motifs is 1. The number of carboxylic acids is 2. The van der Waals surface area contributed by atoms with Crippen LogP contribution in [0.1, 0.15) is 5.56 Å². The third-order valence-corrected chi connectivity index (χ3v) is 6.96. The first kappa shape index (κ1) is 37.4. The number of aliphatic carboxylic acids is 2. The molecule has 0 bridgehead atoms. The van der Waals surface area contributed by atoms with Crippen molar-refractivity contribution in [2.75, 3.05) is 26.7 Å². The van der Waals surface area contributed by atoms with Crippen molar-refractivity contribution in [2.24, 2.45) is 14.1 Å². The van der Waals surface area contributed by atoms with Crippen molar-refractivity contribution in [3.8, 4) is 11.5 Å². The van der Waals surface area contributed by atoms with E-state index >= 15 is 0 Å². The van der Waals surface area contributed by atoms with Crippen LogP contribution >= 0.6 is 0 Å². The number of hydrogen-bond acceptors (Lipinski definition) is 12. The minimum atomic E-state index is -2.27. The van der Waals surface area contributed by atoms with Gasteiger partial charge in [-0.3, -0.25) is 13.9 Å². The van der Waals surface area contributed by atoms with E-state index in [2.05, 4.69) is 4.98 Å².